The van der Waals surface area contributed by atoms with E-state index in [4.69, 9.17) is 0 Å². The van der Waals surface area contributed by atoms with Gasteiger partial charge >= 0.3 is 0 Å². The average Bonchev–Trinajstić information content (AvgIpc) is 2.78. The molecule has 114 valence electrons. The van der Waals surface area contributed by atoms with E-state index in [2.05, 4.69) is 20.2 Å². The molecule has 0 aliphatic heterocycles. The van der Waals surface area contributed by atoms with Crippen molar-refractivity contribution in [1.82, 2.24) is 15.5 Å². The molecule has 0 atom stereocenters. The van der Waals surface area contributed by atoms with Crippen LogP contribution in [0.5, 0.6) is 0 Å². The number of halogens is 1. The van der Waals surface area contributed by atoms with Crippen LogP contribution in [0.15, 0.2) is 23.2 Å². The number of rotatable bonds is 5. The molecule has 0 amide bonds. The second-order valence-electron chi connectivity index (χ2n) is 4.68. The maximum absolute atomic E-state index is 13.5. The molecule has 2 aromatic rings. The predicted octanol–water partition coefficient (Wildman–Crippen LogP) is 1.69. The quantitative estimate of drug-likeness (QED) is 0.784. The number of aryl methyl sites for hydroxylation is 1. The van der Waals surface area contributed by atoms with Crippen molar-refractivity contribution in [3.05, 3.63) is 40.8 Å². The zero-order valence-electron chi connectivity index (χ0n) is 12.0. The number of H-pyrrole nitrogens is 1. The van der Waals surface area contributed by atoms with Crippen molar-refractivity contribution in [3.8, 4) is 0 Å². The molecule has 0 bridgehead atoms. The van der Waals surface area contributed by atoms with Gasteiger partial charge in [0.05, 0.1) is 5.69 Å². The predicted molar refractivity (Wildman–Crippen MR) is 78.0 cm³/mol. The molecule has 0 aliphatic carbocycles. The number of nitrogens with one attached hydrogen (secondary N) is 3. The maximum Gasteiger partial charge on any atom is 0.281 e. The van der Waals surface area contributed by atoms with Crippen molar-refractivity contribution in [1.29, 1.82) is 0 Å². The van der Waals surface area contributed by atoms with E-state index in [1.54, 1.807) is 14.0 Å². The number of hydrogen-bond donors (Lipinski definition) is 3. The summed E-state index contributed by atoms with van der Waals surface area (Å²) in [5.41, 5.74) is 1.66. The first-order valence-corrected chi connectivity index (χ1v) is 7.81. The Balaban J connectivity index is 2.41. The molecule has 3 N–H and O–H groups in total. The summed E-state index contributed by atoms with van der Waals surface area (Å²) in [6.07, 6.45) is 0. The Morgan fingerprint density at radius 2 is 2.05 bits per heavy atom. The molecule has 8 heteroatoms. The number of anilines is 1. The lowest BCUT2D eigenvalue weighted by atomic mass is 10.2. The lowest BCUT2D eigenvalue weighted by Crippen LogP contribution is -2.18. The number of aromatic nitrogens is 2. The van der Waals surface area contributed by atoms with E-state index in [9.17, 15) is 12.8 Å². The van der Waals surface area contributed by atoms with Crippen LogP contribution in [0.3, 0.4) is 0 Å². The maximum atomic E-state index is 13.5. The first-order chi connectivity index (χ1) is 9.86. The standard InChI is InChI=1S/C13H17FN4O2S/c1-8-11(14)5-4-6-12(8)18-21(19,20)13-10(7-15-3)9(2)16-17-13/h4-6,15,18H,7H2,1-3H3,(H,16,17). The normalized spacial score (nSPS) is 11.6. The highest BCUT2D eigenvalue weighted by atomic mass is 32.2. The summed E-state index contributed by atoms with van der Waals surface area (Å²) in [4.78, 5) is 0. The van der Waals surface area contributed by atoms with E-state index in [1.807, 2.05) is 0 Å². The Kier molecular flexibility index (Phi) is 4.29. The zero-order valence-corrected chi connectivity index (χ0v) is 12.8. The van der Waals surface area contributed by atoms with E-state index in [0.717, 1.165) is 0 Å². The highest BCUT2D eigenvalue weighted by Crippen LogP contribution is 2.23. The third-order valence-corrected chi connectivity index (χ3v) is 4.49. The molecule has 6 nitrogen and oxygen atoms in total. The molecular formula is C13H17FN4O2S. The van der Waals surface area contributed by atoms with Crippen molar-refractivity contribution in [2.24, 2.45) is 0 Å². The summed E-state index contributed by atoms with van der Waals surface area (Å²) in [5.74, 6) is -0.469. The van der Waals surface area contributed by atoms with E-state index in [-0.39, 0.29) is 16.3 Å². The van der Waals surface area contributed by atoms with Gasteiger partial charge in [-0.1, -0.05) is 6.07 Å². The van der Waals surface area contributed by atoms with E-state index in [0.29, 0.717) is 17.8 Å². The Hall–Kier alpha value is -1.93. The molecule has 2 rings (SSSR count). The summed E-state index contributed by atoms with van der Waals surface area (Å²) < 4.78 is 40.7. The van der Waals surface area contributed by atoms with Crippen molar-refractivity contribution in [3.63, 3.8) is 0 Å². The Morgan fingerprint density at radius 3 is 2.71 bits per heavy atom. The van der Waals surface area contributed by atoms with Crippen LogP contribution in [0.25, 0.3) is 0 Å². The van der Waals surface area contributed by atoms with E-state index in [1.165, 1.54) is 25.1 Å². The monoisotopic (exact) mass is 312 g/mol. The van der Waals surface area contributed by atoms with Crippen LogP contribution < -0.4 is 10.0 Å². The molecule has 0 fully saturated rings. The number of sulfonamides is 1. The Bertz CT molecular complexity index is 756. The number of aromatic amines is 1. The van der Waals surface area contributed by atoms with Crippen molar-refractivity contribution in [2.45, 2.75) is 25.4 Å². The SMILES string of the molecule is CNCc1c(S(=O)(=O)Nc2cccc(F)c2C)n[nH]c1C. The van der Waals surface area contributed by atoms with Crippen LogP contribution in [-0.4, -0.2) is 25.7 Å². The van der Waals surface area contributed by atoms with Crippen LogP contribution in [0.2, 0.25) is 0 Å². The largest absolute Gasteiger partial charge is 0.316 e. The molecule has 0 aliphatic rings. The van der Waals surface area contributed by atoms with Gasteiger partial charge in [0.2, 0.25) is 5.03 Å². The molecule has 0 saturated heterocycles. The lowest BCUT2D eigenvalue weighted by Gasteiger charge is -2.10. The van der Waals surface area contributed by atoms with Gasteiger partial charge < -0.3 is 5.32 Å². The van der Waals surface area contributed by atoms with Crippen LogP contribution in [0.1, 0.15) is 16.8 Å². The van der Waals surface area contributed by atoms with Gasteiger partial charge in [-0.25, -0.2) is 4.39 Å². The summed E-state index contributed by atoms with van der Waals surface area (Å²) in [6, 6.07) is 4.23. The third kappa shape index (κ3) is 3.06. The zero-order chi connectivity index (χ0) is 15.6. The molecule has 0 unspecified atom stereocenters. The molecule has 0 spiro atoms. The minimum atomic E-state index is -3.88. The van der Waals surface area contributed by atoms with Gasteiger partial charge in [-0.2, -0.15) is 13.5 Å². The van der Waals surface area contributed by atoms with Crippen LogP contribution >= 0.6 is 0 Å². The Morgan fingerprint density at radius 1 is 1.33 bits per heavy atom. The molecule has 0 radical (unpaired) electrons. The van der Waals surface area contributed by atoms with Gasteiger partial charge in [0.25, 0.3) is 10.0 Å². The van der Waals surface area contributed by atoms with Crippen molar-refractivity contribution >= 4 is 15.7 Å². The van der Waals surface area contributed by atoms with E-state index < -0.39 is 15.8 Å². The van der Waals surface area contributed by atoms with Gasteiger partial charge in [-0.15, -0.1) is 0 Å². The third-order valence-electron chi connectivity index (χ3n) is 3.16. The van der Waals surface area contributed by atoms with Crippen LogP contribution in [-0.2, 0) is 16.6 Å². The smallest absolute Gasteiger partial charge is 0.281 e. The topological polar surface area (TPSA) is 86.9 Å². The molecule has 1 aromatic heterocycles. The highest BCUT2D eigenvalue weighted by molar-refractivity contribution is 7.92. The van der Waals surface area contributed by atoms with Crippen LogP contribution in [0.4, 0.5) is 10.1 Å². The highest BCUT2D eigenvalue weighted by Gasteiger charge is 2.24. The molecule has 0 saturated carbocycles. The number of benzene rings is 1. The first kappa shape index (κ1) is 15.5. The second-order valence-corrected chi connectivity index (χ2v) is 6.28. The summed E-state index contributed by atoms with van der Waals surface area (Å²) in [6.45, 7) is 3.62. The minimum absolute atomic E-state index is 0.0852. The van der Waals surface area contributed by atoms with Gasteiger partial charge in [0.15, 0.2) is 0 Å². The summed E-state index contributed by atoms with van der Waals surface area (Å²) in [5, 5.41) is 9.31. The summed E-state index contributed by atoms with van der Waals surface area (Å²) in [7, 11) is -2.17. The van der Waals surface area contributed by atoms with Crippen molar-refractivity contribution in [2.75, 3.05) is 11.8 Å². The second kappa shape index (κ2) is 5.82. The molecule has 1 heterocycles. The first-order valence-electron chi connectivity index (χ1n) is 6.33. The lowest BCUT2D eigenvalue weighted by molar-refractivity contribution is 0.594. The van der Waals surface area contributed by atoms with Crippen molar-refractivity contribution < 1.29 is 12.8 Å². The van der Waals surface area contributed by atoms with Gasteiger partial charge in [-0.05, 0) is 33.0 Å². The molecular weight excluding hydrogens is 295 g/mol. The van der Waals surface area contributed by atoms with E-state index >= 15 is 0 Å². The summed E-state index contributed by atoms with van der Waals surface area (Å²) >= 11 is 0. The fourth-order valence-corrected chi connectivity index (χ4v) is 3.27. The fraction of sp³-hybridized carbons (Fsp3) is 0.308. The van der Waals surface area contributed by atoms with Gasteiger partial charge in [0.1, 0.15) is 5.82 Å². The average molecular weight is 312 g/mol. The van der Waals surface area contributed by atoms with Crippen LogP contribution in [0, 0.1) is 19.7 Å². The molecule has 1 aromatic carbocycles. The van der Waals surface area contributed by atoms with Gasteiger partial charge in [-0.3, -0.25) is 9.82 Å². The minimum Gasteiger partial charge on any atom is -0.316 e. The number of hydrogen-bond acceptors (Lipinski definition) is 4. The fourth-order valence-electron chi connectivity index (χ4n) is 1.95. The Labute approximate surface area is 122 Å². The number of nitrogens with zero attached hydrogens (tertiary/aromatic N) is 1. The molecule has 21 heavy (non-hydrogen) atoms. The van der Waals surface area contributed by atoms with Gasteiger partial charge in [0, 0.05) is 23.4 Å².